The fourth-order valence-electron chi connectivity index (χ4n) is 2.18. The smallest absolute Gasteiger partial charge is 0.337 e. The van der Waals surface area contributed by atoms with E-state index in [1.807, 2.05) is 0 Å². The Morgan fingerprint density at radius 1 is 1.00 bits per heavy atom. The minimum absolute atomic E-state index is 0.0146. The minimum atomic E-state index is -3.99. The number of phenolic OH excluding ortho intramolecular Hbond substituents is 1. The van der Waals surface area contributed by atoms with Crippen molar-refractivity contribution in [3.05, 3.63) is 54.1 Å². The predicted octanol–water partition coefficient (Wildman–Crippen LogP) is 1.79. The molecule has 0 aliphatic heterocycles. The van der Waals surface area contributed by atoms with Gasteiger partial charge >= 0.3 is 5.97 Å². The molecule has 0 saturated carbocycles. The number of carbonyl (C=O) groups excluding carboxylic acids is 1. The summed E-state index contributed by atoms with van der Waals surface area (Å²) in [7, 11) is -3.99. The average molecular weight is 378 g/mol. The Labute approximate surface area is 150 Å². The van der Waals surface area contributed by atoms with Crippen LogP contribution in [0, 0.1) is 0 Å². The van der Waals surface area contributed by atoms with Gasteiger partial charge in [0.25, 0.3) is 0 Å². The highest BCUT2D eigenvalue weighted by atomic mass is 32.2. The Hall–Kier alpha value is -2.91. The molecule has 0 heterocycles. The molecule has 0 fully saturated rings. The molecule has 0 spiro atoms. The lowest BCUT2D eigenvalue weighted by atomic mass is 10.2. The molecule has 8 nitrogen and oxygen atoms in total. The zero-order valence-electron chi connectivity index (χ0n) is 13.7. The molecule has 0 aromatic heterocycles. The summed E-state index contributed by atoms with van der Waals surface area (Å²) >= 11 is 0. The van der Waals surface area contributed by atoms with Crippen molar-refractivity contribution in [3.8, 4) is 5.75 Å². The van der Waals surface area contributed by atoms with Gasteiger partial charge in [0.05, 0.1) is 10.5 Å². The average Bonchev–Trinajstić information content (AvgIpc) is 2.61. The van der Waals surface area contributed by atoms with Gasteiger partial charge < -0.3 is 15.5 Å². The number of benzene rings is 2. The molecule has 0 saturated heterocycles. The summed E-state index contributed by atoms with van der Waals surface area (Å²) in [5.74, 6) is -1.56. The van der Waals surface area contributed by atoms with E-state index in [2.05, 4.69) is 10.0 Å². The van der Waals surface area contributed by atoms with E-state index in [-0.39, 0.29) is 41.5 Å². The van der Waals surface area contributed by atoms with Crippen molar-refractivity contribution in [2.75, 3.05) is 11.9 Å². The van der Waals surface area contributed by atoms with Gasteiger partial charge in [-0.3, -0.25) is 4.79 Å². The van der Waals surface area contributed by atoms with Crippen molar-refractivity contribution in [2.45, 2.75) is 17.7 Å². The summed E-state index contributed by atoms with van der Waals surface area (Å²) < 4.78 is 26.7. The van der Waals surface area contributed by atoms with Gasteiger partial charge in [0.15, 0.2) is 0 Å². The molecule has 0 unspecified atom stereocenters. The van der Waals surface area contributed by atoms with Crippen LogP contribution < -0.4 is 10.0 Å². The van der Waals surface area contributed by atoms with Crippen molar-refractivity contribution in [3.63, 3.8) is 0 Å². The van der Waals surface area contributed by atoms with E-state index in [0.717, 1.165) is 0 Å². The van der Waals surface area contributed by atoms with Gasteiger partial charge in [0.2, 0.25) is 15.9 Å². The Morgan fingerprint density at radius 3 is 2.31 bits per heavy atom. The lowest BCUT2D eigenvalue weighted by Gasteiger charge is -2.09. The SMILES string of the molecule is O=C(CCCNS(=O)(=O)c1ccccc1C(=O)O)Nc1ccc(O)cc1. The summed E-state index contributed by atoms with van der Waals surface area (Å²) in [6, 6.07) is 11.2. The van der Waals surface area contributed by atoms with E-state index < -0.39 is 16.0 Å². The highest BCUT2D eigenvalue weighted by Crippen LogP contribution is 2.16. The molecule has 9 heteroatoms. The van der Waals surface area contributed by atoms with Crippen LogP contribution in [0.1, 0.15) is 23.2 Å². The number of aromatic carboxylic acids is 1. The number of carboxylic acid groups (broad SMARTS) is 1. The second-order valence-electron chi connectivity index (χ2n) is 5.40. The van der Waals surface area contributed by atoms with Crippen molar-refractivity contribution in [1.82, 2.24) is 4.72 Å². The molecule has 0 bridgehead atoms. The Bertz CT molecular complexity index is 894. The molecule has 138 valence electrons. The van der Waals surface area contributed by atoms with Crippen molar-refractivity contribution in [2.24, 2.45) is 0 Å². The van der Waals surface area contributed by atoms with Crippen LogP contribution >= 0.6 is 0 Å². The molecule has 0 aliphatic carbocycles. The molecule has 2 aromatic rings. The molecular weight excluding hydrogens is 360 g/mol. The van der Waals surface area contributed by atoms with Gasteiger partial charge in [-0.15, -0.1) is 0 Å². The summed E-state index contributed by atoms with van der Waals surface area (Å²) in [5, 5.41) is 20.9. The molecule has 26 heavy (non-hydrogen) atoms. The van der Waals surface area contributed by atoms with E-state index in [4.69, 9.17) is 5.11 Å². The molecule has 0 aliphatic rings. The molecule has 2 rings (SSSR count). The van der Waals surface area contributed by atoms with Crippen LogP contribution in [0.25, 0.3) is 0 Å². The van der Waals surface area contributed by atoms with Crippen molar-refractivity contribution >= 4 is 27.6 Å². The fourth-order valence-corrected chi connectivity index (χ4v) is 3.45. The van der Waals surface area contributed by atoms with Gasteiger partial charge in [-0.05, 0) is 42.8 Å². The third kappa shape index (κ3) is 5.30. The number of phenols is 1. The third-order valence-corrected chi connectivity index (χ3v) is 4.95. The molecular formula is C17H18N2O6S. The first-order valence-electron chi connectivity index (χ1n) is 7.70. The Balaban J connectivity index is 1.86. The summed E-state index contributed by atoms with van der Waals surface area (Å²) in [6.07, 6.45) is 0.308. The Kier molecular flexibility index (Phi) is 6.31. The van der Waals surface area contributed by atoms with Crippen LogP contribution in [0.2, 0.25) is 0 Å². The van der Waals surface area contributed by atoms with Crippen molar-refractivity contribution in [1.29, 1.82) is 0 Å². The monoisotopic (exact) mass is 378 g/mol. The fraction of sp³-hybridized carbons (Fsp3) is 0.176. The summed E-state index contributed by atoms with van der Waals surface area (Å²) in [4.78, 5) is 22.6. The van der Waals surface area contributed by atoms with Gasteiger partial charge in [-0.25, -0.2) is 17.9 Å². The zero-order chi connectivity index (χ0) is 19.2. The highest BCUT2D eigenvalue weighted by Gasteiger charge is 2.21. The first-order chi connectivity index (χ1) is 12.3. The number of hydrogen-bond donors (Lipinski definition) is 4. The van der Waals surface area contributed by atoms with E-state index >= 15 is 0 Å². The summed E-state index contributed by atoms with van der Waals surface area (Å²) in [6.45, 7) is -0.0146. The lowest BCUT2D eigenvalue weighted by molar-refractivity contribution is -0.116. The van der Waals surface area contributed by atoms with Crippen LogP contribution in [0.3, 0.4) is 0 Å². The number of rotatable bonds is 8. The molecule has 2 aromatic carbocycles. The maximum Gasteiger partial charge on any atom is 0.337 e. The quantitative estimate of drug-likeness (QED) is 0.409. The molecule has 0 atom stereocenters. The van der Waals surface area contributed by atoms with Crippen LogP contribution in [-0.4, -0.2) is 37.1 Å². The maximum atomic E-state index is 12.2. The van der Waals surface area contributed by atoms with Crippen molar-refractivity contribution < 1.29 is 28.2 Å². The number of carboxylic acids is 1. The number of carbonyl (C=O) groups is 2. The second-order valence-corrected chi connectivity index (χ2v) is 7.13. The van der Waals surface area contributed by atoms with Gasteiger partial charge in [0, 0.05) is 18.7 Å². The maximum absolute atomic E-state index is 12.2. The van der Waals surface area contributed by atoms with Gasteiger partial charge in [0.1, 0.15) is 5.75 Å². The molecule has 4 N–H and O–H groups in total. The molecule has 1 amide bonds. The van der Waals surface area contributed by atoms with E-state index in [1.54, 1.807) is 12.1 Å². The number of sulfonamides is 1. The Morgan fingerprint density at radius 2 is 1.65 bits per heavy atom. The number of hydrogen-bond acceptors (Lipinski definition) is 5. The first kappa shape index (κ1) is 19.4. The number of nitrogens with one attached hydrogen (secondary N) is 2. The minimum Gasteiger partial charge on any atom is -0.508 e. The van der Waals surface area contributed by atoms with Crippen LogP contribution in [-0.2, 0) is 14.8 Å². The third-order valence-electron chi connectivity index (χ3n) is 3.43. The normalized spacial score (nSPS) is 11.1. The lowest BCUT2D eigenvalue weighted by Crippen LogP contribution is -2.27. The zero-order valence-corrected chi connectivity index (χ0v) is 14.5. The summed E-state index contributed by atoms with van der Waals surface area (Å²) in [5.41, 5.74) is 0.203. The standard InChI is InChI=1S/C17H18N2O6S/c20-13-9-7-12(8-10-13)19-16(21)6-3-11-18-26(24,25)15-5-2-1-4-14(15)17(22)23/h1-2,4-5,7-10,18,20H,3,6,11H2,(H,19,21)(H,22,23). The van der Waals surface area contributed by atoms with Crippen LogP contribution in [0.4, 0.5) is 5.69 Å². The predicted molar refractivity (Wildman–Crippen MR) is 94.6 cm³/mol. The number of amides is 1. The van der Waals surface area contributed by atoms with Gasteiger partial charge in [-0.1, -0.05) is 12.1 Å². The van der Waals surface area contributed by atoms with Crippen LogP contribution in [0.5, 0.6) is 5.75 Å². The van der Waals surface area contributed by atoms with Gasteiger partial charge in [-0.2, -0.15) is 0 Å². The van der Waals surface area contributed by atoms with E-state index in [0.29, 0.717) is 5.69 Å². The highest BCUT2D eigenvalue weighted by molar-refractivity contribution is 7.89. The topological polar surface area (TPSA) is 133 Å². The number of aromatic hydroxyl groups is 1. The van der Waals surface area contributed by atoms with Crippen LogP contribution in [0.15, 0.2) is 53.4 Å². The second kappa shape index (κ2) is 8.45. The largest absolute Gasteiger partial charge is 0.508 e. The number of anilines is 1. The molecule has 0 radical (unpaired) electrons. The van der Waals surface area contributed by atoms with E-state index in [1.165, 1.54) is 36.4 Å². The van der Waals surface area contributed by atoms with E-state index in [9.17, 15) is 23.1 Å². The first-order valence-corrected chi connectivity index (χ1v) is 9.19.